The number of carbonyl (C=O) groups excluding carboxylic acids is 1. The van der Waals surface area contributed by atoms with E-state index in [-0.39, 0.29) is 12.1 Å². The molecular formula is C17H32N4O2. The standard InChI is InChI=1S/C17H32N4O2/c1-12-6-5-9-21(11-12)15(18)19-10-14(13-7-8-13)20-16(22)23-17(2,3)4/h12-14H,5-11H2,1-4H3,(H2,18,19)(H,20,22). The van der Waals surface area contributed by atoms with E-state index in [1.54, 1.807) is 0 Å². The van der Waals surface area contributed by atoms with Crippen molar-refractivity contribution >= 4 is 12.1 Å². The van der Waals surface area contributed by atoms with Crippen LogP contribution in [0.15, 0.2) is 4.99 Å². The lowest BCUT2D eigenvalue weighted by Crippen LogP contribution is -2.45. The van der Waals surface area contributed by atoms with Gasteiger partial charge >= 0.3 is 6.09 Å². The second kappa shape index (κ2) is 7.41. The predicted octanol–water partition coefficient (Wildman–Crippen LogP) is 2.34. The fraction of sp³-hybridized carbons (Fsp3) is 0.882. The van der Waals surface area contributed by atoms with E-state index in [1.165, 1.54) is 12.8 Å². The summed E-state index contributed by atoms with van der Waals surface area (Å²) in [6, 6.07) is 0.0191. The van der Waals surface area contributed by atoms with Crippen molar-refractivity contribution < 1.29 is 9.53 Å². The molecule has 1 saturated carbocycles. The number of carbonyl (C=O) groups is 1. The van der Waals surface area contributed by atoms with E-state index >= 15 is 0 Å². The SMILES string of the molecule is CC1CCCN(C(N)=NCC(NC(=O)OC(C)(C)C)C2CC2)C1. The molecule has 2 aliphatic rings. The van der Waals surface area contributed by atoms with Crippen LogP contribution in [0.1, 0.15) is 53.4 Å². The molecule has 2 unspecified atom stereocenters. The van der Waals surface area contributed by atoms with Gasteiger partial charge in [-0.3, -0.25) is 4.99 Å². The first kappa shape index (κ1) is 17.9. The van der Waals surface area contributed by atoms with Gasteiger partial charge < -0.3 is 20.7 Å². The monoisotopic (exact) mass is 324 g/mol. The number of nitrogens with two attached hydrogens (primary N) is 1. The number of nitrogens with zero attached hydrogens (tertiary/aromatic N) is 2. The van der Waals surface area contributed by atoms with Gasteiger partial charge in [0.1, 0.15) is 5.60 Å². The number of rotatable bonds is 4. The van der Waals surface area contributed by atoms with Crippen LogP contribution in [0, 0.1) is 11.8 Å². The number of hydrogen-bond acceptors (Lipinski definition) is 3. The number of piperidine rings is 1. The van der Waals surface area contributed by atoms with Gasteiger partial charge in [-0.15, -0.1) is 0 Å². The van der Waals surface area contributed by atoms with E-state index in [4.69, 9.17) is 10.5 Å². The summed E-state index contributed by atoms with van der Waals surface area (Å²) in [5, 5.41) is 2.96. The quantitative estimate of drug-likeness (QED) is 0.614. The Hall–Kier alpha value is -1.46. The van der Waals surface area contributed by atoms with E-state index in [0.717, 1.165) is 25.9 Å². The molecule has 0 spiro atoms. The lowest BCUT2D eigenvalue weighted by atomic mass is 10.0. The van der Waals surface area contributed by atoms with Crippen LogP contribution in [0.3, 0.4) is 0 Å². The first-order valence-corrected chi connectivity index (χ1v) is 8.79. The lowest BCUT2D eigenvalue weighted by molar-refractivity contribution is 0.0500. The molecule has 6 heteroatoms. The van der Waals surface area contributed by atoms with Crippen LogP contribution in [-0.2, 0) is 4.74 Å². The van der Waals surface area contributed by atoms with Gasteiger partial charge in [-0.2, -0.15) is 0 Å². The second-order valence-corrected chi connectivity index (χ2v) is 7.98. The number of ether oxygens (including phenoxy) is 1. The Balaban J connectivity index is 1.86. The number of guanidine groups is 1. The van der Waals surface area contributed by atoms with E-state index in [1.807, 2.05) is 20.8 Å². The molecule has 0 bridgehead atoms. The Kier molecular flexibility index (Phi) is 5.76. The fourth-order valence-electron chi connectivity index (χ4n) is 2.96. The van der Waals surface area contributed by atoms with Gasteiger partial charge in [0.15, 0.2) is 5.96 Å². The summed E-state index contributed by atoms with van der Waals surface area (Å²) in [4.78, 5) is 18.7. The lowest BCUT2D eigenvalue weighted by Gasteiger charge is -2.32. The molecule has 2 atom stereocenters. The highest BCUT2D eigenvalue weighted by atomic mass is 16.6. The highest BCUT2D eigenvalue weighted by molar-refractivity contribution is 5.78. The van der Waals surface area contributed by atoms with Crippen LogP contribution in [-0.4, -0.2) is 48.2 Å². The van der Waals surface area contributed by atoms with Crippen molar-refractivity contribution in [2.75, 3.05) is 19.6 Å². The topological polar surface area (TPSA) is 80.0 Å². The van der Waals surface area contributed by atoms with Crippen molar-refractivity contribution in [3.05, 3.63) is 0 Å². The van der Waals surface area contributed by atoms with Crippen molar-refractivity contribution in [2.24, 2.45) is 22.6 Å². The van der Waals surface area contributed by atoms with E-state index in [0.29, 0.717) is 24.3 Å². The van der Waals surface area contributed by atoms with Crippen molar-refractivity contribution in [3.8, 4) is 0 Å². The molecule has 0 radical (unpaired) electrons. The average Bonchev–Trinajstić information content (AvgIpc) is 3.25. The molecule has 0 aromatic heterocycles. The number of nitrogens with one attached hydrogen (secondary N) is 1. The first-order valence-electron chi connectivity index (χ1n) is 8.79. The van der Waals surface area contributed by atoms with Crippen molar-refractivity contribution in [2.45, 2.75) is 65.0 Å². The zero-order valence-corrected chi connectivity index (χ0v) is 15.0. The Morgan fingerprint density at radius 1 is 1.39 bits per heavy atom. The highest BCUT2D eigenvalue weighted by Crippen LogP contribution is 2.33. The minimum absolute atomic E-state index is 0.0191. The van der Waals surface area contributed by atoms with Crippen LogP contribution < -0.4 is 11.1 Å². The second-order valence-electron chi connectivity index (χ2n) is 7.98. The maximum Gasteiger partial charge on any atom is 0.407 e. The van der Waals surface area contributed by atoms with Crippen LogP contribution in [0.5, 0.6) is 0 Å². The fourth-order valence-corrected chi connectivity index (χ4v) is 2.96. The van der Waals surface area contributed by atoms with Crippen LogP contribution in [0.4, 0.5) is 4.79 Å². The molecule has 23 heavy (non-hydrogen) atoms. The van der Waals surface area contributed by atoms with E-state index < -0.39 is 5.60 Å². The molecule has 6 nitrogen and oxygen atoms in total. The molecule has 1 heterocycles. The molecular weight excluding hydrogens is 292 g/mol. The zero-order valence-electron chi connectivity index (χ0n) is 15.0. The van der Waals surface area contributed by atoms with E-state index in [9.17, 15) is 4.79 Å². The smallest absolute Gasteiger partial charge is 0.407 e. The number of alkyl carbamates (subject to hydrolysis) is 1. The minimum Gasteiger partial charge on any atom is -0.444 e. The molecule has 0 aromatic carbocycles. The zero-order chi connectivity index (χ0) is 17.0. The molecule has 2 fully saturated rings. The Bertz CT molecular complexity index is 440. The molecule has 1 aliphatic carbocycles. The van der Waals surface area contributed by atoms with Gasteiger partial charge in [0.25, 0.3) is 0 Å². The van der Waals surface area contributed by atoms with Gasteiger partial charge in [-0.25, -0.2) is 4.79 Å². The molecule has 3 N–H and O–H groups in total. The normalized spacial score (nSPS) is 24.3. The van der Waals surface area contributed by atoms with Crippen LogP contribution in [0.2, 0.25) is 0 Å². The maximum absolute atomic E-state index is 12.0. The molecule has 0 aromatic rings. The summed E-state index contributed by atoms with van der Waals surface area (Å²) >= 11 is 0. The molecule has 132 valence electrons. The van der Waals surface area contributed by atoms with Crippen LogP contribution in [0.25, 0.3) is 0 Å². The Labute approximate surface area is 139 Å². The maximum atomic E-state index is 12.0. The summed E-state index contributed by atoms with van der Waals surface area (Å²) < 4.78 is 5.34. The van der Waals surface area contributed by atoms with Crippen molar-refractivity contribution in [1.29, 1.82) is 0 Å². The Morgan fingerprint density at radius 3 is 2.65 bits per heavy atom. The highest BCUT2D eigenvalue weighted by Gasteiger charge is 2.33. The summed E-state index contributed by atoms with van der Waals surface area (Å²) in [5.74, 6) is 1.77. The first-order chi connectivity index (χ1) is 10.7. The third kappa shape index (κ3) is 6.28. The molecule has 1 saturated heterocycles. The third-order valence-electron chi connectivity index (χ3n) is 4.32. The largest absolute Gasteiger partial charge is 0.444 e. The predicted molar refractivity (Wildman–Crippen MR) is 92.3 cm³/mol. The minimum atomic E-state index is -0.482. The number of aliphatic imine (C=N–C) groups is 1. The molecule has 1 aliphatic heterocycles. The molecule has 1 amide bonds. The number of likely N-dealkylation sites (tertiary alicyclic amines) is 1. The van der Waals surface area contributed by atoms with Gasteiger partial charge in [0.05, 0.1) is 12.6 Å². The number of hydrogen-bond donors (Lipinski definition) is 2. The third-order valence-corrected chi connectivity index (χ3v) is 4.32. The van der Waals surface area contributed by atoms with Crippen molar-refractivity contribution in [1.82, 2.24) is 10.2 Å². The van der Waals surface area contributed by atoms with Gasteiger partial charge in [0, 0.05) is 13.1 Å². The van der Waals surface area contributed by atoms with Crippen molar-refractivity contribution in [3.63, 3.8) is 0 Å². The average molecular weight is 324 g/mol. The van der Waals surface area contributed by atoms with Gasteiger partial charge in [-0.05, 0) is 58.3 Å². The van der Waals surface area contributed by atoms with Gasteiger partial charge in [0.2, 0.25) is 0 Å². The summed E-state index contributed by atoms with van der Waals surface area (Å²) in [6.45, 7) is 10.3. The van der Waals surface area contributed by atoms with Gasteiger partial charge in [-0.1, -0.05) is 6.92 Å². The van der Waals surface area contributed by atoms with E-state index in [2.05, 4.69) is 22.1 Å². The Morgan fingerprint density at radius 2 is 2.09 bits per heavy atom. The molecule has 2 rings (SSSR count). The summed E-state index contributed by atoms with van der Waals surface area (Å²) in [6.07, 6.45) is 4.33. The summed E-state index contributed by atoms with van der Waals surface area (Å²) in [7, 11) is 0. The van der Waals surface area contributed by atoms with Crippen LogP contribution >= 0.6 is 0 Å². The number of amides is 1. The summed E-state index contributed by atoms with van der Waals surface area (Å²) in [5.41, 5.74) is 5.66.